The molecule has 1 nitrogen and oxygen atoms in total. The summed E-state index contributed by atoms with van der Waals surface area (Å²) >= 11 is 0.724. The van der Waals surface area contributed by atoms with Gasteiger partial charge in [0.2, 0.25) is 0 Å². The average molecular weight is 378 g/mol. The number of benzene rings is 2. The van der Waals surface area contributed by atoms with Crippen LogP contribution in [0, 0.1) is 0 Å². The fraction of sp³-hybridized carbons (Fsp3) is 0.176. The normalized spacial score (nSPS) is 14.4. The summed E-state index contributed by atoms with van der Waals surface area (Å²) in [7, 11) is 0. The fourth-order valence-corrected chi connectivity index (χ4v) is 2.82. The number of aliphatic hydroxyl groups excluding tert-OH is 1. The standard InChI is InChI=1S/C17H12F6OS/c18-16(19,20)12-6-4-5-11(9-12)15(24)14(17(21,22)23)10-25-13-7-2-1-3-8-13/h1-10,15,24H/b14-10+. The van der Waals surface area contributed by atoms with Crippen molar-refractivity contribution in [3.8, 4) is 0 Å². The van der Waals surface area contributed by atoms with Gasteiger partial charge in [0.05, 0.1) is 11.1 Å². The molecule has 134 valence electrons. The van der Waals surface area contributed by atoms with Gasteiger partial charge in [-0.25, -0.2) is 0 Å². The van der Waals surface area contributed by atoms with Crippen LogP contribution in [0.4, 0.5) is 26.3 Å². The molecule has 1 N–H and O–H groups in total. The Hall–Kier alpha value is -1.93. The molecule has 0 aliphatic heterocycles. The number of rotatable bonds is 4. The highest BCUT2D eigenvalue weighted by Crippen LogP contribution is 2.39. The molecule has 0 aromatic heterocycles. The predicted octanol–water partition coefficient (Wildman–Crippen LogP) is 5.98. The quantitative estimate of drug-likeness (QED) is 0.522. The van der Waals surface area contributed by atoms with Gasteiger partial charge in [-0.2, -0.15) is 26.3 Å². The Morgan fingerprint density at radius 1 is 0.920 bits per heavy atom. The minimum atomic E-state index is -4.89. The minimum absolute atomic E-state index is 0.480. The minimum Gasteiger partial charge on any atom is -0.384 e. The van der Waals surface area contributed by atoms with Crippen molar-refractivity contribution in [1.29, 1.82) is 0 Å². The summed E-state index contributed by atoms with van der Waals surface area (Å²) in [6.07, 6.45) is -11.8. The third-order valence-corrected chi connectivity index (χ3v) is 4.13. The van der Waals surface area contributed by atoms with Gasteiger partial charge in [0.15, 0.2) is 0 Å². The number of aliphatic hydroxyl groups is 1. The lowest BCUT2D eigenvalue weighted by molar-refractivity contribution is -0.137. The lowest BCUT2D eigenvalue weighted by Crippen LogP contribution is -2.19. The molecule has 0 spiro atoms. The van der Waals surface area contributed by atoms with E-state index in [1.165, 1.54) is 0 Å². The molecule has 0 saturated heterocycles. The van der Waals surface area contributed by atoms with Crippen molar-refractivity contribution in [3.05, 3.63) is 76.7 Å². The molecule has 8 heteroatoms. The van der Waals surface area contributed by atoms with Gasteiger partial charge in [-0.1, -0.05) is 42.1 Å². The van der Waals surface area contributed by atoms with E-state index in [2.05, 4.69) is 0 Å². The predicted molar refractivity (Wildman–Crippen MR) is 82.8 cm³/mol. The first-order chi connectivity index (χ1) is 11.6. The van der Waals surface area contributed by atoms with Crippen LogP contribution in [0.15, 0.2) is 70.5 Å². The van der Waals surface area contributed by atoms with Gasteiger partial charge in [-0.15, -0.1) is 0 Å². The van der Waals surface area contributed by atoms with Crippen LogP contribution >= 0.6 is 11.8 Å². The van der Waals surface area contributed by atoms with E-state index in [9.17, 15) is 31.4 Å². The SMILES string of the molecule is OC(/C(=C\Sc1ccccc1)C(F)(F)F)c1cccc(C(F)(F)F)c1. The van der Waals surface area contributed by atoms with Gasteiger partial charge in [0, 0.05) is 4.90 Å². The lowest BCUT2D eigenvalue weighted by Gasteiger charge is -2.19. The van der Waals surface area contributed by atoms with Crippen LogP contribution in [0.2, 0.25) is 0 Å². The Morgan fingerprint density at radius 2 is 1.56 bits per heavy atom. The molecular formula is C17H12F6OS. The fourth-order valence-electron chi connectivity index (χ4n) is 1.98. The van der Waals surface area contributed by atoms with E-state index in [1.54, 1.807) is 30.3 Å². The third-order valence-electron chi connectivity index (χ3n) is 3.22. The van der Waals surface area contributed by atoms with E-state index in [4.69, 9.17) is 0 Å². The molecule has 0 radical (unpaired) electrons. The van der Waals surface area contributed by atoms with E-state index in [0.717, 1.165) is 30.0 Å². The first-order valence-electron chi connectivity index (χ1n) is 6.93. The Balaban J connectivity index is 2.35. The number of hydrogen-bond acceptors (Lipinski definition) is 2. The maximum atomic E-state index is 13.2. The lowest BCUT2D eigenvalue weighted by atomic mass is 10.0. The molecule has 0 bridgehead atoms. The molecule has 0 saturated carbocycles. The molecule has 2 aromatic rings. The van der Waals surface area contributed by atoms with Crippen LogP contribution < -0.4 is 0 Å². The molecule has 1 atom stereocenters. The number of halogens is 6. The summed E-state index contributed by atoms with van der Waals surface area (Å²) < 4.78 is 77.8. The van der Waals surface area contributed by atoms with Crippen LogP contribution in [-0.4, -0.2) is 11.3 Å². The second-order valence-electron chi connectivity index (χ2n) is 5.03. The second-order valence-corrected chi connectivity index (χ2v) is 5.97. The zero-order valence-electron chi connectivity index (χ0n) is 12.5. The number of hydrogen-bond donors (Lipinski definition) is 1. The van der Waals surface area contributed by atoms with Gasteiger partial charge in [-0.05, 0) is 35.2 Å². The van der Waals surface area contributed by atoms with Crippen LogP contribution in [-0.2, 0) is 6.18 Å². The zero-order chi connectivity index (χ0) is 18.7. The summed E-state index contributed by atoms with van der Waals surface area (Å²) in [4.78, 5) is 0.500. The average Bonchev–Trinajstić information content (AvgIpc) is 2.54. The number of thioether (sulfide) groups is 1. The smallest absolute Gasteiger partial charge is 0.384 e. The summed E-state index contributed by atoms with van der Waals surface area (Å²) in [5.41, 5.74) is -2.94. The first kappa shape index (κ1) is 19.4. The van der Waals surface area contributed by atoms with Gasteiger partial charge in [0.1, 0.15) is 6.10 Å². The summed E-state index contributed by atoms with van der Waals surface area (Å²) in [5.74, 6) is 0. The van der Waals surface area contributed by atoms with Crippen molar-refractivity contribution in [2.24, 2.45) is 0 Å². The first-order valence-corrected chi connectivity index (χ1v) is 7.81. The highest BCUT2D eigenvalue weighted by atomic mass is 32.2. The third kappa shape index (κ3) is 5.27. The highest BCUT2D eigenvalue weighted by molar-refractivity contribution is 8.02. The van der Waals surface area contributed by atoms with Crippen molar-refractivity contribution in [1.82, 2.24) is 0 Å². The van der Waals surface area contributed by atoms with E-state index < -0.39 is 35.2 Å². The Labute approximate surface area is 144 Å². The van der Waals surface area contributed by atoms with Crippen LogP contribution in [0.1, 0.15) is 17.2 Å². The molecule has 25 heavy (non-hydrogen) atoms. The highest BCUT2D eigenvalue weighted by Gasteiger charge is 2.39. The van der Waals surface area contributed by atoms with Gasteiger partial charge < -0.3 is 5.11 Å². The van der Waals surface area contributed by atoms with Crippen LogP contribution in [0.5, 0.6) is 0 Å². The monoisotopic (exact) mass is 378 g/mol. The Morgan fingerprint density at radius 3 is 2.12 bits per heavy atom. The topological polar surface area (TPSA) is 20.2 Å². The maximum absolute atomic E-state index is 13.2. The van der Waals surface area contributed by atoms with Crippen molar-refractivity contribution in [2.75, 3.05) is 0 Å². The van der Waals surface area contributed by atoms with Crippen molar-refractivity contribution in [3.63, 3.8) is 0 Å². The van der Waals surface area contributed by atoms with Crippen LogP contribution in [0.25, 0.3) is 0 Å². The summed E-state index contributed by atoms with van der Waals surface area (Å²) in [6, 6.07) is 11.3. The molecule has 0 aliphatic rings. The molecule has 1 unspecified atom stereocenters. The van der Waals surface area contributed by atoms with Crippen LogP contribution in [0.3, 0.4) is 0 Å². The Kier molecular flexibility index (Phi) is 5.84. The van der Waals surface area contributed by atoms with Gasteiger partial charge in [0.25, 0.3) is 0 Å². The summed E-state index contributed by atoms with van der Waals surface area (Å²) in [5, 5.41) is 10.7. The molecule has 0 fully saturated rings. The largest absolute Gasteiger partial charge is 0.416 e. The van der Waals surface area contributed by atoms with E-state index in [-0.39, 0.29) is 0 Å². The van der Waals surface area contributed by atoms with Crippen molar-refractivity contribution < 1.29 is 31.4 Å². The second kappa shape index (κ2) is 7.53. The zero-order valence-corrected chi connectivity index (χ0v) is 13.3. The van der Waals surface area contributed by atoms with Crippen molar-refractivity contribution >= 4 is 11.8 Å². The molecule has 0 aliphatic carbocycles. The van der Waals surface area contributed by atoms with E-state index >= 15 is 0 Å². The molecule has 0 amide bonds. The molecule has 2 rings (SSSR count). The van der Waals surface area contributed by atoms with E-state index in [0.29, 0.717) is 16.4 Å². The molecule has 2 aromatic carbocycles. The van der Waals surface area contributed by atoms with E-state index in [1.807, 2.05) is 0 Å². The van der Waals surface area contributed by atoms with Crippen molar-refractivity contribution in [2.45, 2.75) is 23.4 Å². The Bertz CT molecular complexity index is 737. The maximum Gasteiger partial charge on any atom is 0.416 e. The van der Waals surface area contributed by atoms with Gasteiger partial charge in [-0.3, -0.25) is 0 Å². The molecular weight excluding hydrogens is 366 g/mol. The molecule has 0 heterocycles. The summed E-state index contributed by atoms with van der Waals surface area (Å²) in [6.45, 7) is 0. The van der Waals surface area contributed by atoms with Gasteiger partial charge >= 0.3 is 12.4 Å². The number of alkyl halides is 6.